The molecule has 1 aromatic carbocycles. The molecule has 160 valence electrons. The first-order chi connectivity index (χ1) is 14.4. The summed E-state index contributed by atoms with van der Waals surface area (Å²) >= 11 is 0. The maximum absolute atomic E-state index is 12.7. The lowest BCUT2D eigenvalue weighted by molar-refractivity contribution is -0.136. The summed E-state index contributed by atoms with van der Waals surface area (Å²) in [6.45, 7) is 11.3. The molecule has 0 atom stereocenters. The molecule has 0 fully saturated rings. The minimum absolute atomic E-state index is 0.0525. The number of amides is 1. The Morgan fingerprint density at radius 3 is 2.70 bits per heavy atom. The van der Waals surface area contributed by atoms with Crippen LogP contribution in [-0.4, -0.2) is 46.7 Å². The average Bonchev–Trinajstić information content (AvgIpc) is 3.20. The molecule has 0 spiro atoms. The predicted octanol–water partition coefficient (Wildman–Crippen LogP) is 3.93. The Bertz CT molecular complexity index is 884. The normalized spacial score (nSPS) is 11.8. The minimum atomic E-state index is -0.156. The Balaban J connectivity index is 1.98. The maximum atomic E-state index is 12.7. The Kier molecular flexibility index (Phi) is 8.93. The molecule has 0 saturated heterocycles. The molecular weight excluding hydrogens is 382 g/mol. The minimum Gasteiger partial charge on any atom is -0.484 e. The monoisotopic (exact) mass is 411 g/mol. The highest BCUT2D eigenvalue weighted by Crippen LogP contribution is 2.15. The number of aromatic nitrogens is 2. The Morgan fingerprint density at radius 1 is 1.33 bits per heavy atom. The van der Waals surface area contributed by atoms with E-state index in [1.807, 2.05) is 38.1 Å². The van der Waals surface area contributed by atoms with E-state index in [0.29, 0.717) is 23.0 Å². The second-order valence-electron chi connectivity index (χ2n) is 7.07. The van der Waals surface area contributed by atoms with Crippen molar-refractivity contribution in [3.05, 3.63) is 47.7 Å². The zero-order valence-electron chi connectivity index (χ0n) is 18.0. The van der Waals surface area contributed by atoms with Crippen LogP contribution in [0.15, 0.2) is 45.0 Å². The van der Waals surface area contributed by atoms with Gasteiger partial charge in [0.05, 0.1) is 0 Å². The topological polar surface area (TPSA) is 93.2 Å². The van der Waals surface area contributed by atoms with Crippen LogP contribution in [0, 0.1) is 0 Å². The number of benzene rings is 1. The molecule has 1 amide bonds. The van der Waals surface area contributed by atoms with Gasteiger partial charge in [-0.3, -0.25) is 9.79 Å². The third-order valence-electron chi connectivity index (χ3n) is 4.31. The van der Waals surface area contributed by atoms with Crippen molar-refractivity contribution in [3.8, 4) is 5.75 Å². The molecule has 0 radical (unpaired) electrons. The molecule has 8 nitrogen and oxygen atoms in total. The SMILES string of the molecule is C=NC=N/C=C(\C)c1noc(CN(C(=O)COc2ccc(CCC)cc2)C(C)C)n1. The van der Waals surface area contributed by atoms with Gasteiger partial charge in [-0.05, 0) is 51.6 Å². The lowest BCUT2D eigenvalue weighted by Crippen LogP contribution is -2.39. The van der Waals surface area contributed by atoms with E-state index in [0.717, 1.165) is 12.8 Å². The van der Waals surface area contributed by atoms with Gasteiger partial charge in [0.25, 0.3) is 5.91 Å². The third-order valence-corrected chi connectivity index (χ3v) is 4.31. The van der Waals surface area contributed by atoms with Crippen LogP contribution in [0.1, 0.15) is 51.4 Å². The van der Waals surface area contributed by atoms with Crippen LogP contribution in [0.25, 0.3) is 5.57 Å². The average molecular weight is 412 g/mol. The standard InChI is InChI=1S/C22H29N5O3/c1-6-7-18-8-10-19(11-9-18)29-14-21(28)27(16(2)3)13-20-25-22(26-30-20)17(4)12-24-15-23-5/h8-12,15-16H,5-7,13-14H2,1-4H3/b17-12+,24-15?. The number of hydrogen-bond acceptors (Lipinski definition) is 6. The van der Waals surface area contributed by atoms with Gasteiger partial charge < -0.3 is 14.2 Å². The number of aryl methyl sites for hydroxylation is 1. The number of allylic oxidation sites excluding steroid dienone is 1. The number of aliphatic imine (C=N–C) groups is 2. The number of carbonyl (C=O) groups excluding carboxylic acids is 1. The summed E-state index contributed by atoms with van der Waals surface area (Å²) in [7, 11) is 0. The number of ether oxygens (including phenoxy) is 1. The molecule has 2 aromatic rings. The van der Waals surface area contributed by atoms with E-state index < -0.39 is 0 Å². The first kappa shape index (κ1) is 23.0. The highest BCUT2D eigenvalue weighted by molar-refractivity contribution is 5.78. The molecule has 30 heavy (non-hydrogen) atoms. The van der Waals surface area contributed by atoms with Crippen LogP contribution < -0.4 is 4.74 Å². The molecule has 0 N–H and O–H groups in total. The zero-order chi connectivity index (χ0) is 21.9. The first-order valence-electron chi connectivity index (χ1n) is 9.93. The fourth-order valence-electron chi connectivity index (χ4n) is 2.70. The summed E-state index contributed by atoms with van der Waals surface area (Å²) in [4.78, 5) is 26.2. The van der Waals surface area contributed by atoms with Crippen LogP contribution in [-0.2, 0) is 17.8 Å². The number of hydrogen-bond donors (Lipinski definition) is 0. The van der Waals surface area contributed by atoms with Crippen molar-refractivity contribution in [1.82, 2.24) is 15.0 Å². The maximum Gasteiger partial charge on any atom is 0.261 e. The van der Waals surface area contributed by atoms with E-state index in [4.69, 9.17) is 9.26 Å². The van der Waals surface area contributed by atoms with Gasteiger partial charge in [-0.2, -0.15) is 4.98 Å². The van der Waals surface area contributed by atoms with Crippen LogP contribution >= 0.6 is 0 Å². The van der Waals surface area contributed by atoms with E-state index in [2.05, 4.69) is 33.8 Å². The van der Waals surface area contributed by atoms with Crippen molar-refractivity contribution < 1.29 is 14.1 Å². The fraction of sp³-hybridized carbons (Fsp3) is 0.409. The first-order valence-corrected chi connectivity index (χ1v) is 9.93. The molecule has 0 aliphatic heterocycles. The molecule has 2 rings (SSSR count). The smallest absolute Gasteiger partial charge is 0.261 e. The molecule has 1 aromatic heterocycles. The summed E-state index contributed by atoms with van der Waals surface area (Å²) in [5, 5.41) is 3.94. The van der Waals surface area contributed by atoms with Crippen molar-refractivity contribution in [2.75, 3.05) is 6.61 Å². The van der Waals surface area contributed by atoms with Gasteiger partial charge in [0.1, 0.15) is 18.6 Å². The Hall–Kier alpha value is -3.29. The second-order valence-corrected chi connectivity index (χ2v) is 7.07. The van der Waals surface area contributed by atoms with E-state index >= 15 is 0 Å². The summed E-state index contributed by atoms with van der Waals surface area (Å²) in [5.74, 6) is 1.26. The summed E-state index contributed by atoms with van der Waals surface area (Å²) in [5.41, 5.74) is 1.96. The van der Waals surface area contributed by atoms with Gasteiger partial charge in [-0.15, -0.1) is 0 Å². The molecular formula is C22H29N5O3. The lowest BCUT2D eigenvalue weighted by Gasteiger charge is -2.25. The van der Waals surface area contributed by atoms with Gasteiger partial charge >= 0.3 is 0 Å². The van der Waals surface area contributed by atoms with E-state index in [9.17, 15) is 4.79 Å². The lowest BCUT2D eigenvalue weighted by atomic mass is 10.1. The second kappa shape index (κ2) is 11.6. The van der Waals surface area contributed by atoms with Crippen LogP contribution in [0.5, 0.6) is 5.75 Å². The number of carbonyl (C=O) groups is 1. The quantitative estimate of drug-likeness (QED) is 0.413. The van der Waals surface area contributed by atoms with Crippen molar-refractivity contribution in [2.45, 2.75) is 53.1 Å². The highest BCUT2D eigenvalue weighted by Gasteiger charge is 2.21. The van der Waals surface area contributed by atoms with Gasteiger partial charge in [0.15, 0.2) is 12.4 Å². The van der Waals surface area contributed by atoms with Crippen molar-refractivity contribution >= 4 is 24.5 Å². The van der Waals surface area contributed by atoms with Gasteiger partial charge in [-0.1, -0.05) is 30.6 Å². The van der Waals surface area contributed by atoms with Crippen LogP contribution in [0.4, 0.5) is 0 Å². The fourth-order valence-corrected chi connectivity index (χ4v) is 2.70. The predicted molar refractivity (Wildman–Crippen MR) is 118 cm³/mol. The highest BCUT2D eigenvalue weighted by atomic mass is 16.5. The molecule has 1 heterocycles. The Labute approximate surface area is 177 Å². The zero-order valence-corrected chi connectivity index (χ0v) is 18.0. The van der Waals surface area contributed by atoms with Gasteiger partial charge in [0, 0.05) is 17.8 Å². The Morgan fingerprint density at radius 2 is 2.07 bits per heavy atom. The van der Waals surface area contributed by atoms with Crippen LogP contribution in [0.3, 0.4) is 0 Å². The van der Waals surface area contributed by atoms with Crippen molar-refractivity contribution in [1.29, 1.82) is 0 Å². The van der Waals surface area contributed by atoms with E-state index in [1.54, 1.807) is 18.0 Å². The van der Waals surface area contributed by atoms with E-state index in [-0.39, 0.29) is 25.1 Å². The summed E-state index contributed by atoms with van der Waals surface area (Å²) in [6.07, 6.45) is 5.00. The number of rotatable bonds is 11. The largest absolute Gasteiger partial charge is 0.484 e. The molecule has 0 aliphatic rings. The third kappa shape index (κ3) is 6.95. The van der Waals surface area contributed by atoms with Gasteiger partial charge in [0.2, 0.25) is 5.89 Å². The van der Waals surface area contributed by atoms with Crippen molar-refractivity contribution in [2.24, 2.45) is 9.98 Å². The molecule has 0 saturated carbocycles. The molecule has 0 unspecified atom stereocenters. The summed E-state index contributed by atoms with van der Waals surface area (Å²) < 4.78 is 11.0. The summed E-state index contributed by atoms with van der Waals surface area (Å²) in [6, 6.07) is 7.77. The molecule has 0 aliphatic carbocycles. The van der Waals surface area contributed by atoms with Crippen molar-refractivity contribution in [3.63, 3.8) is 0 Å². The van der Waals surface area contributed by atoms with Crippen LogP contribution in [0.2, 0.25) is 0 Å². The van der Waals surface area contributed by atoms with E-state index in [1.165, 1.54) is 11.9 Å². The molecule has 0 bridgehead atoms. The molecule has 8 heteroatoms. The van der Waals surface area contributed by atoms with Gasteiger partial charge in [-0.25, -0.2) is 4.99 Å². The number of nitrogens with zero attached hydrogens (tertiary/aromatic N) is 5.